The Morgan fingerprint density at radius 1 is 1.03 bits per heavy atom. The van der Waals surface area contributed by atoms with Crippen molar-refractivity contribution < 1.29 is 13.2 Å². The number of piperidine rings is 1. The molecule has 0 radical (unpaired) electrons. The Labute approximate surface area is 210 Å². The maximum atomic E-state index is 11.9. The second-order valence-corrected chi connectivity index (χ2v) is 10.7. The smallest absolute Gasteiger partial charge is 0.246 e. The molecule has 3 N–H and O–H groups in total. The monoisotopic (exact) mass is 504 g/mol. The van der Waals surface area contributed by atoms with E-state index >= 15 is 0 Å². The zero-order valence-corrected chi connectivity index (χ0v) is 21.0. The van der Waals surface area contributed by atoms with Crippen molar-refractivity contribution in [3.63, 3.8) is 0 Å². The lowest BCUT2D eigenvalue weighted by molar-refractivity contribution is 0.464. The van der Waals surface area contributed by atoms with E-state index in [0.717, 1.165) is 59.9 Å². The lowest BCUT2D eigenvalue weighted by Gasteiger charge is -2.24. The van der Waals surface area contributed by atoms with Crippen LogP contribution in [0.25, 0.3) is 22.0 Å². The average molecular weight is 505 g/mol. The van der Waals surface area contributed by atoms with Crippen LogP contribution in [0, 0.1) is 6.92 Å². The summed E-state index contributed by atoms with van der Waals surface area (Å²) in [5.41, 5.74) is 2.68. The van der Waals surface area contributed by atoms with E-state index in [1.54, 1.807) is 24.7 Å². The first-order valence-electron chi connectivity index (χ1n) is 11.8. The summed E-state index contributed by atoms with van der Waals surface area (Å²) >= 11 is 0. The second-order valence-electron chi connectivity index (χ2n) is 8.92. The lowest BCUT2D eigenvalue weighted by Crippen LogP contribution is -2.38. The van der Waals surface area contributed by atoms with Gasteiger partial charge < -0.3 is 15.4 Å². The Kier molecular flexibility index (Phi) is 6.71. The minimum Gasteiger partial charge on any atom is -0.436 e. The van der Waals surface area contributed by atoms with Gasteiger partial charge in [0.25, 0.3) is 0 Å². The fourth-order valence-electron chi connectivity index (χ4n) is 4.44. The molecule has 36 heavy (non-hydrogen) atoms. The minimum absolute atomic E-state index is 0.326. The molecule has 2 aromatic carbocycles. The van der Waals surface area contributed by atoms with Crippen molar-refractivity contribution in [3.8, 4) is 22.9 Å². The van der Waals surface area contributed by atoms with Crippen molar-refractivity contribution in [2.45, 2.75) is 25.8 Å². The summed E-state index contributed by atoms with van der Waals surface area (Å²) in [5, 5.41) is 8.40. The molecule has 1 atom stereocenters. The first-order chi connectivity index (χ1) is 17.4. The summed E-state index contributed by atoms with van der Waals surface area (Å²) in [7, 11) is -3.44. The SMILES string of the molecule is Cc1cc(NS(C)(=O)=O)c2ccccc2c1Oc1nccnc1-c1ccnc(N[C@H]2CCCNC2)c1. The van der Waals surface area contributed by atoms with Gasteiger partial charge >= 0.3 is 0 Å². The third-order valence-corrected chi connectivity index (χ3v) is 6.61. The van der Waals surface area contributed by atoms with Gasteiger partial charge in [-0.05, 0) is 50.1 Å². The number of hydrogen-bond donors (Lipinski definition) is 3. The number of pyridine rings is 1. The van der Waals surface area contributed by atoms with Crippen LogP contribution in [0.3, 0.4) is 0 Å². The fraction of sp³-hybridized carbons (Fsp3) is 0.269. The van der Waals surface area contributed by atoms with E-state index in [2.05, 4.69) is 30.3 Å². The van der Waals surface area contributed by atoms with E-state index in [9.17, 15) is 8.42 Å². The van der Waals surface area contributed by atoms with E-state index in [1.807, 2.05) is 43.3 Å². The van der Waals surface area contributed by atoms with Crippen LogP contribution in [0.4, 0.5) is 11.5 Å². The normalized spacial score (nSPS) is 16.0. The van der Waals surface area contributed by atoms with E-state index < -0.39 is 10.0 Å². The number of hydrogen-bond acceptors (Lipinski definition) is 8. The van der Waals surface area contributed by atoms with Crippen molar-refractivity contribution in [1.82, 2.24) is 20.3 Å². The summed E-state index contributed by atoms with van der Waals surface area (Å²) in [6.45, 7) is 3.82. The Hall–Kier alpha value is -3.76. The first-order valence-corrected chi connectivity index (χ1v) is 13.7. The minimum atomic E-state index is -3.44. The van der Waals surface area contributed by atoms with Gasteiger partial charge in [-0.25, -0.2) is 23.4 Å². The number of aryl methyl sites for hydroxylation is 1. The van der Waals surface area contributed by atoms with Crippen LogP contribution in [0.15, 0.2) is 61.1 Å². The van der Waals surface area contributed by atoms with Crippen molar-refractivity contribution >= 4 is 32.3 Å². The number of rotatable bonds is 7. The first kappa shape index (κ1) is 24.0. The van der Waals surface area contributed by atoms with Gasteiger partial charge in [0, 0.05) is 47.5 Å². The molecular weight excluding hydrogens is 476 g/mol. The van der Waals surface area contributed by atoms with Crippen LogP contribution in [0.1, 0.15) is 18.4 Å². The number of sulfonamides is 1. The number of nitrogens with zero attached hydrogens (tertiary/aromatic N) is 3. The van der Waals surface area contributed by atoms with E-state index in [4.69, 9.17) is 4.74 Å². The highest BCUT2D eigenvalue weighted by molar-refractivity contribution is 7.92. The predicted molar refractivity (Wildman–Crippen MR) is 142 cm³/mol. The van der Waals surface area contributed by atoms with Crippen molar-refractivity contribution in [3.05, 3.63) is 66.6 Å². The highest BCUT2D eigenvalue weighted by Crippen LogP contribution is 2.39. The molecule has 2 aromatic heterocycles. The van der Waals surface area contributed by atoms with Crippen LogP contribution >= 0.6 is 0 Å². The largest absolute Gasteiger partial charge is 0.436 e. The topological polar surface area (TPSA) is 118 Å². The molecule has 0 aliphatic carbocycles. The standard InChI is InChI=1S/C26H28N6O3S/c1-17-14-22(32-36(2,33)34)20-7-3-4-8-21(20)25(17)35-26-24(29-12-13-30-26)18-9-11-28-23(15-18)31-19-6-5-10-27-16-19/h3-4,7-9,11-15,19,27,32H,5-6,10,16H2,1-2H3,(H,28,31)/t19-/m0/s1. The predicted octanol–water partition coefficient (Wildman–Crippen LogP) is 4.33. The van der Waals surface area contributed by atoms with Crippen molar-refractivity contribution in [1.29, 1.82) is 0 Å². The van der Waals surface area contributed by atoms with Gasteiger partial charge in [-0.3, -0.25) is 4.72 Å². The maximum Gasteiger partial charge on any atom is 0.246 e. The van der Waals surface area contributed by atoms with Crippen LogP contribution in [0.2, 0.25) is 0 Å². The van der Waals surface area contributed by atoms with Gasteiger partial charge in [0.1, 0.15) is 17.3 Å². The molecule has 1 saturated heterocycles. The Balaban J connectivity index is 1.51. The number of ether oxygens (including phenoxy) is 1. The third kappa shape index (κ3) is 5.39. The zero-order valence-electron chi connectivity index (χ0n) is 20.2. The van der Waals surface area contributed by atoms with Crippen LogP contribution < -0.4 is 20.1 Å². The summed E-state index contributed by atoms with van der Waals surface area (Å²) in [5.74, 6) is 1.72. The van der Waals surface area contributed by atoms with Gasteiger partial charge in [-0.15, -0.1) is 0 Å². The highest BCUT2D eigenvalue weighted by Gasteiger charge is 2.18. The number of nitrogens with one attached hydrogen (secondary N) is 3. The highest BCUT2D eigenvalue weighted by atomic mass is 32.2. The van der Waals surface area contributed by atoms with Crippen LogP contribution in [-0.2, 0) is 10.0 Å². The Morgan fingerprint density at radius 3 is 2.61 bits per heavy atom. The van der Waals surface area contributed by atoms with Gasteiger partial charge in [0.05, 0.1) is 11.9 Å². The number of anilines is 2. The molecule has 3 heterocycles. The molecule has 10 heteroatoms. The summed E-state index contributed by atoms with van der Waals surface area (Å²) in [6, 6.07) is 13.4. The van der Waals surface area contributed by atoms with Gasteiger partial charge in [-0.2, -0.15) is 0 Å². The molecule has 0 amide bonds. The molecule has 5 rings (SSSR count). The van der Waals surface area contributed by atoms with Gasteiger partial charge in [0.2, 0.25) is 15.9 Å². The van der Waals surface area contributed by atoms with Crippen LogP contribution in [-0.4, -0.2) is 48.8 Å². The maximum absolute atomic E-state index is 11.9. The Bertz CT molecular complexity index is 1500. The molecule has 1 aliphatic rings. The second kappa shape index (κ2) is 10.1. The third-order valence-electron chi connectivity index (χ3n) is 6.02. The van der Waals surface area contributed by atoms with E-state index in [-0.39, 0.29) is 0 Å². The van der Waals surface area contributed by atoms with Gasteiger partial charge in [-0.1, -0.05) is 24.3 Å². The number of fused-ring (bicyclic) bond motifs is 1. The van der Waals surface area contributed by atoms with E-state index in [1.165, 1.54) is 0 Å². The van der Waals surface area contributed by atoms with Crippen molar-refractivity contribution in [2.24, 2.45) is 0 Å². The van der Waals surface area contributed by atoms with Crippen LogP contribution in [0.5, 0.6) is 11.6 Å². The fourth-order valence-corrected chi connectivity index (χ4v) is 5.01. The molecule has 1 fully saturated rings. The number of benzene rings is 2. The molecule has 186 valence electrons. The molecule has 9 nitrogen and oxygen atoms in total. The molecule has 0 bridgehead atoms. The number of aromatic nitrogens is 3. The molecule has 0 spiro atoms. The van der Waals surface area contributed by atoms with Gasteiger partial charge in [0.15, 0.2) is 0 Å². The quantitative estimate of drug-likeness (QED) is 0.340. The molecular formula is C26H28N6O3S. The summed E-state index contributed by atoms with van der Waals surface area (Å²) < 4.78 is 32.8. The molecule has 0 unspecified atom stereocenters. The van der Waals surface area contributed by atoms with E-state index in [0.29, 0.717) is 29.1 Å². The zero-order chi connectivity index (χ0) is 25.1. The summed E-state index contributed by atoms with van der Waals surface area (Å²) in [6.07, 6.45) is 8.32. The summed E-state index contributed by atoms with van der Waals surface area (Å²) in [4.78, 5) is 13.5. The average Bonchev–Trinajstić information content (AvgIpc) is 2.86. The lowest BCUT2D eigenvalue weighted by atomic mass is 10.0. The molecule has 0 saturated carbocycles. The molecule has 1 aliphatic heterocycles. The Morgan fingerprint density at radius 2 is 1.83 bits per heavy atom. The van der Waals surface area contributed by atoms with Crippen molar-refractivity contribution in [2.75, 3.05) is 29.4 Å². The molecule has 4 aromatic rings.